The maximum Gasteiger partial charge on any atom is 0.335 e. The molecule has 0 spiro atoms. The molecule has 0 amide bonds. The average Bonchev–Trinajstić information content (AvgIpc) is 3.59. The Morgan fingerprint density at radius 1 is 0.978 bits per heavy atom. The molecule has 2 aliphatic heterocycles. The minimum absolute atomic E-state index is 0.0116. The van der Waals surface area contributed by atoms with Gasteiger partial charge in [0.05, 0.1) is 30.8 Å². The highest BCUT2D eigenvalue weighted by Gasteiger charge is 2.53. The van der Waals surface area contributed by atoms with Crippen molar-refractivity contribution in [3.8, 4) is 0 Å². The third-order valence-corrected chi connectivity index (χ3v) is 11.3. The average molecular weight is 732 g/mol. The van der Waals surface area contributed by atoms with E-state index in [-0.39, 0.29) is 78.1 Å². The van der Waals surface area contributed by atoms with Gasteiger partial charge in [0.2, 0.25) is 0 Å². The zero-order valence-electron chi connectivity index (χ0n) is 27.5. The molecular weight excluding hydrogens is 684 g/mol. The van der Waals surface area contributed by atoms with Gasteiger partial charge in [0.1, 0.15) is 12.2 Å². The standard InChI is InChI=1S/C34H48BrClO10/c1-16-8-7-9-26(40-4)17(2)28(38)25-14-23-21(24(25)15-27(37)43-16)11-10-19-12-20(13-22(19)23)45-34-31(46-33(39)32(35)36)30(42-6)29(41-5)18(3)44-34/h10-11,14,16-24,26,29-32,34H,7-9,12-13,15H2,1-6H3/t16?,17?,18-,19?,20?,21?,22?,23?,24?,26?,29+,30-,31-,32?,34+/m1/s1. The van der Waals surface area contributed by atoms with Gasteiger partial charge >= 0.3 is 11.9 Å². The molecule has 2 heterocycles. The van der Waals surface area contributed by atoms with Crippen molar-refractivity contribution in [3.63, 3.8) is 0 Å². The normalized spacial score (nSPS) is 43.7. The van der Waals surface area contributed by atoms with Gasteiger partial charge in [0.25, 0.3) is 0 Å². The lowest BCUT2D eigenvalue weighted by Crippen LogP contribution is -2.60. The van der Waals surface area contributed by atoms with Crippen LogP contribution in [0, 0.1) is 35.5 Å². The molecule has 0 aromatic carbocycles. The summed E-state index contributed by atoms with van der Waals surface area (Å²) in [6, 6.07) is 0. The van der Waals surface area contributed by atoms with Crippen LogP contribution in [0.15, 0.2) is 23.8 Å². The molecule has 5 aliphatic rings. The molecule has 0 N–H and O–H groups in total. The molecule has 1 saturated carbocycles. The van der Waals surface area contributed by atoms with Gasteiger partial charge in [-0.3, -0.25) is 9.59 Å². The number of hydrogen-bond acceptors (Lipinski definition) is 10. The number of esters is 2. The summed E-state index contributed by atoms with van der Waals surface area (Å²) in [5.41, 5.74) is 0.722. The van der Waals surface area contributed by atoms with Crippen LogP contribution in [-0.4, -0.2) is 92.4 Å². The van der Waals surface area contributed by atoms with Gasteiger partial charge in [-0.2, -0.15) is 0 Å². The van der Waals surface area contributed by atoms with Gasteiger partial charge < -0.3 is 33.2 Å². The van der Waals surface area contributed by atoms with Gasteiger partial charge in [0, 0.05) is 33.2 Å². The van der Waals surface area contributed by atoms with Gasteiger partial charge in [-0.15, -0.1) is 0 Å². The van der Waals surface area contributed by atoms with E-state index in [1.807, 2.05) is 20.8 Å². The van der Waals surface area contributed by atoms with Gasteiger partial charge in [-0.05, 0) is 75.2 Å². The molecule has 0 aromatic rings. The first-order chi connectivity index (χ1) is 22.0. The molecule has 10 nitrogen and oxygen atoms in total. The molecule has 0 bridgehead atoms. The molecule has 0 aromatic heterocycles. The van der Waals surface area contributed by atoms with E-state index in [1.54, 1.807) is 14.2 Å². The van der Waals surface area contributed by atoms with Crippen LogP contribution in [0.4, 0.5) is 0 Å². The highest BCUT2D eigenvalue weighted by molar-refractivity contribution is 9.10. The van der Waals surface area contributed by atoms with Gasteiger partial charge in [-0.25, -0.2) is 4.79 Å². The summed E-state index contributed by atoms with van der Waals surface area (Å²) in [5, 5.41) is 0. The number of ether oxygens (including phenoxy) is 7. The second-order valence-corrected chi connectivity index (χ2v) is 15.4. The zero-order chi connectivity index (χ0) is 33.3. The fraction of sp³-hybridized carbons (Fsp3) is 0.794. The molecular formula is C34H48BrClO10. The van der Waals surface area contributed by atoms with E-state index in [4.69, 9.17) is 44.8 Å². The largest absolute Gasteiger partial charge is 0.463 e. The Morgan fingerprint density at radius 2 is 1.72 bits per heavy atom. The Bertz CT molecular complexity index is 1180. The highest BCUT2D eigenvalue weighted by Crippen LogP contribution is 2.54. The van der Waals surface area contributed by atoms with Crippen molar-refractivity contribution in [1.29, 1.82) is 0 Å². The van der Waals surface area contributed by atoms with Crippen molar-refractivity contribution in [2.75, 3.05) is 21.3 Å². The fourth-order valence-electron chi connectivity index (χ4n) is 8.50. The molecule has 5 rings (SSSR count). The zero-order valence-corrected chi connectivity index (χ0v) is 29.8. The molecule has 3 aliphatic carbocycles. The van der Waals surface area contributed by atoms with Crippen LogP contribution in [0.1, 0.15) is 59.3 Å². The summed E-state index contributed by atoms with van der Waals surface area (Å²) in [4.78, 5) is 39.7. The van der Waals surface area contributed by atoms with Crippen LogP contribution in [0.3, 0.4) is 0 Å². The monoisotopic (exact) mass is 730 g/mol. The van der Waals surface area contributed by atoms with Crippen LogP contribution in [-0.2, 0) is 47.5 Å². The predicted molar refractivity (Wildman–Crippen MR) is 172 cm³/mol. The third-order valence-electron chi connectivity index (χ3n) is 10.8. The molecule has 3 fully saturated rings. The molecule has 46 heavy (non-hydrogen) atoms. The lowest BCUT2D eigenvalue weighted by atomic mass is 9.70. The lowest BCUT2D eigenvalue weighted by molar-refractivity contribution is -0.312. The van der Waals surface area contributed by atoms with Crippen LogP contribution in [0.5, 0.6) is 0 Å². The fourth-order valence-corrected chi connectivity index (χ4v) is 8.66. The second-order valence-electron chi connectivity index (χ2n) is 13.5. The van der Waals surface area contributed by atoms with E-state index in [2.05, 4.69) is 34.2 Å². The third kappa shape index (κ3) is 7.45. The summed E-state index contributed by atoms with van der Waals surface area (Å²) >= 11 is 9.03. The Kier molecular flexibility index (Phi) is 12.1. The molecule has 12 heteroatoms. The number of cyclic esters (lactones) is 1. The van der Waals surface area contributed by atoms with Crippen LogP contribution >= 0.6 is 27.5 Å². The van der Waals surface area contributed by atoms with Crippen LogP contribution in [0.25, 0.3) is 0 Å². The minimum Gasteiger partial charge on any atom is -0.463 e. The Balaban J connectivity index is 1.36. The Hall–Kier alpha value is -1.34. The Morgan fingerprint density at radius 3 is 2.39 bits per heavy atom. The molecule has 258 valence electrons. The SMILES string of the molecule is COC1CCCC(C)OC(=O)CC2C(=CC3C2C=CC2CC(O[C@@H]4O[C@H](C)[C@H](OC)[C@@H](OC)[C@H]4OC(=O)C(Cl)Br)CC23)C(=O)C1C. The number of allylic oxidation sites excluding steroid dienone is 4. The first-order valence-corrected chi connectivity index (χ1v) is 17.8. The van der Waals surface area contributed by atoms with E-state index in [0.717, 1.165) is 37.7 Å². The quantitative estimate of drug-likeness (QED) is 0.198. The van der Waals surface area contributed by atoms with Crippen molar-refractivity contribution in [2.45, 2.75) is 113 Å². The molecule has 15 atom stereocenters. The summed E-state index contributed by atoms with van der Waals surface area (Å²) in [7, 11) is 4.75. The van der Waals surface area contributed by atoms with E-state index < -0.39 is 34.9 Å². The van der Waals surface area contributed by atoms with Crippen LogP contribution < -0.4 is 0 Å². The number of Topliss-reactive ketones (excluding diaryl/α,β-unsaturated/α-hetero) is 1. The number of methoxy groups -OCH3 is 3. The summed E-state index contributed by atoms with van der Waals surface area (Å²) in [6.07, 6.45) is 6.57. The maximum atomic E-state index is 14.0. The summed E-state index contributed by atoms with van der Waals surface area (Å²) in [5.74, 6) is -0.929. The van der Waals surface area contributed by atoms with E-state index >= 15 is 0 Å². The highest BCUT2D eigenvalue weighted by atomic mass is 79.9. The van der Waals surface area contributed by atoms with E-state index in [9.17, 15) is 14.4 Å². The van der Waals surface area contributed by atoms with Crippen molar-refractivity contribution >= 4 is 45.3 Å². The number of carbonyl (C=O) groups is 3. The second kappa shape index (κ2) is 15.5. The molecule has 10 unspecified atom stereocenters. The molecule has 2 saturated heterocycles. The predicted octanol–water partition coefficient (Wildman–Crippen LogP) is 5.13. The maximum absolute atomic E-state index is 14.0. The van der Waals surface area contributed by atoms with Gasteiger partial charge in [0.15, 0.2) is 22.5 Å². The van der Waals surface area contributed by atoms with Gasteiger partial charge in [-0.1, -0.05) is 52.7 Å². The van der Waals surface area contributed by atoms with E-state index in [1.165, 1.54) is 7.11 Å². The van der Waals surface area contributed by atoms with Crippen molar-refractivity contribution in [2.24, 2.45) is 35.5 Å². The topological polar surface area (TPSA) is 116 Å². The first kappa shape index (κ1) is 36.0. The number of carbonyl (C=O) groups excluding carboxylic acids is 3. The summed E-state index contributed by atoms with van der Waals surface area (Å²) < 4.78 is 40.5. The van der Waals surface area contributed by atoms with Crippen LogP contribution in [0.2, 0.25) is 0 Å². The van der Waals surface area contributed by atoms with Crippen molar-refractivity contribution < 1.29 is 47.5 Å². The summed E-state index contributed by atoms with van der Waals surface area (Å²) in [6.45, 7) is 5.74. The van der Waals surface area contributed by atoms with E-state index in [0.29, 0.717) is 0 Å². The number of fused-ring (bicyclic) bond motifs is 5. The lowest BCUT2D eigenvalue weighted by Gasteiger charge is -2.44. The first-order valence-electron chi connectivity index (χ1n) is 16.5. The van der Waals surface area contributed by atoms with Crippen molar-refractivity contribution in [3.05, 3.63) is 23.8 Å². The number of hydrogen-bond donors (Lipinski definition) is 0. The minimum atomic E-state index is -1.04. The van der Waals surface area contributed by atoms with Crippen molar-refractivity contribution in [1.82, 2.24) is 0 Å². The molecule has 0 radical (unpaired) electrons. The number of alkyl halides is 2. The number of rotatable bonds is 7. The number of ketones is 1. The smallest absolute Gasteiger partial charge is 0.335 e. The Labute approximate surface area is 285 Å². The number of halogens is 2.